The van der Waals surface area contributed by atoms with Crippen molar-refractivity contribution in [1.82, 2.24) is 9.97 Å². The molecule has 2 aromatic rings. The van der Waals surface area contributed by atoms with Gasteiger partial charge in [-0.3, -0.25) is 0 Å². The standard InChI is InChI=1S/C12H11ClN6O/c1-20-10-11(16-6-17-12(10)19-15)18-9-4-8(13)3-2-7(9)5-14/h2-4,6H,15H2,1H3,(H2,16,17,18,19). The van der Waals surface area contributed by atoms with Gasteiger partial charge in [-0.05, 0) is 18.2 Å². The highest BCUT2D eigenvalue weighted by atomic mass is 35.5. The van der Waals surface area contributed by atoms with Gasteiger partial charge in [-0.15, -0.1) is 0 Å². The molecule has 1 aromatic carbocycles. The first-order valence-corrected chi connectivity index (χ1v) is 5.89. The van der Waals surface area contributed by atoms with Gasteiger partial charge in [0.25, 0.3) is 0 Å². The molecule has 0 fully saturated rings. The molecule has 1 heterocycles. The number of nitrogens with zero attached hydrogens (tertiary/aromatic N) is 3. The Bertz CT molecular complexity index is 669. The Morgan fingerprint density at radius 1 is 1.35 bits per heavy atom. The molecule has 102 valence electrons. The van der Waals surface area contributed by atoms with Crippen LogP contribution in [-0.2, 0) is 0 Å². The molecule has 0 aliphatic carbocycles. The van der Waals surface area contributed by atoms with E-state index >= 15 is 0 Å². The Morgan fingerprint density at radius 2 is 2.10 bits per heavy atom. The Balaban J connectivity index is 2.45. The summed E-state index contributed by atoms with van der Waals surface area (Å²) in [5.41, 5.74) is 3.35. The van der Waals surface area contributed by atoms with E-state index in [1.807, 2.05) is 0 Å². The normalized spacial score (nSPS) is 9.70. The quantitative estimate of drug-likeness (QED) is 0.584. The number of ether oxygens (including phenoxy) is 1. The van der Waals surface area contributed by atoms with Crippen molar-refractivity contribution in [3.05, 3.63) is 35.1 Å². The molecule has 0 aliphatic rings. The van der Waals surface area contributed by atoms with Crippen LogP contribution in [0.2, 0.25) is 5.02 Å². The van der Waals surface area contributed by atoms with Gasteiger partial charge in [-0.2, -0.15) is 5.26 Å². The second kappa shape index (κ2) is 6.06. The Hall–Kier alpha value is -2.56. The highest BCUT2D eigenvalue weighted by Gasteiger charge is 2.13. The van der Waals surface area contributed by atoms with Crippen molar-refractivity contribution in [3.8, 4) is 11.8 Å². The number of hydrogen-bond donors (Lipinski definition) is 3. The van der Waals surface area contributed by atoms with E-state index < -0.39 is 0 Å². The van der Waals surface area contributed by atoms with Crippen molar-refractivity contribution >= 4 is 28.9 Å². The fraction of sp³-hybridized carbons (Fsp3) is 0.0833. The van der Waals surface area contributed by atoms with Crippen molar-refractivity contribution in [2.75, 3.05) is 17.9 Å². The van der Waals surface area contributed by atoms with Gasteiger partial charge in [-0.25, -0.2) is 15.8 Å². The minimum Gasteiger partial charge on any atom is -0.490 e. The first-order valence-electron chi connectivity index (χ1n) is 5.52. The fourth-order valence-corrected chi connectivity index (χ4v) is 1.78. The van der Waals surface area contributed by atoms with E-state index in [9.17, 15) is 0 Å². The molecule has 0 radical (unpaired) electrons. The highest BCUT2D eigenvalue weighted by molar-refractivity contribution is 6.30. The molecule has 0 unspecified atom stereocenters. The minimum absolute atomic E-state index is 0.325. The summed E-state index contributed by atoms with van der Waals surface area (Å²) in [7, 11) is 1.47. The first-order chi connectivity index (χ1) is 9.69. The van der Waals surface area contributed by atoms with E-state index in [2.05, 4.69) is 26.8 Å². The summed E-state index contributed by atoms with van der Waals surface area (Å²) in [5.74, 6) is 6.37. The molecular weight excluding hydrogens is 280 g/mol. The molecule has 0 spiro atoms. The van der Waals surface area contributed by atoms with Crippen LogP contribution in [0.3, 0.4) is 0 Å². The van der Waals surface area contributed by atoms with Crippen LogP contribution in [0.4, 0.5) is 17.3 Å². The summed E-state index contributed by atoms with van der Waals surface area (Å²) < 4.78 is 5.20. The maximum Gasteiger partial charge on any atom is 0.205 e. The summed E-state index contributed by atoms with van der Waals surface area (Å²) in [6, 6.07) is 6.93. The summed E-state index contributed by atoms with van der Waals surface area (Å²) in [6.45, 7) is 0. The number of rotatable bonds is 4. The molecule has 20 heavy (non-hydrogen) atoms. The second-order valence-electron chi connectivity index (χ2n) is 3.68. The minimum atomic E-state index is 0.325. The highest BCUT2D eigenvalue weighted by Crippen LogP contribution is 2.32. The van der Waals surface area contributed by atoms with Crippen molar-refractivity contribution < 1.29 is 4.74 Å². The lowest BCUT2D eigenvalue weighted by Gasteiger charge is -2.13. The number of benzene rings is 1. The van der Waals surface area contributed by atoms with Crippen molar-refractivity contribution in [2.45, 2.75) is 0 Å². The SMILES string of the molecule is COc1c(NN)ncnc1Nc1cc(Cl)ccc1C#N. The number of hydrazine groups is 1. The summed E-state index contributed by atoms with van der Waals surface area (Å²) in [4.78, 5) is 7.99. The van der Waals surface area contributed by atoms with E-state index in [0.717, 1.165) is 0 Å². The van der Waals surface area contributed by atoms with Gasteiger partial charge in [0, 0.05) is 5.02 Å². The van der Waals surface area contributed by atoms with E-state index in [4.69, 9.17) is 27.4 Å². The average Bonchev–Trinajstić information content (AvgIpc) is 2.47. The molecule has 0 bridgehead atoms. The predicted molar refractivity (Wildman–Crippen MR) is 75.8 cm³/mol. The summed E-state index contributed by atoms with van der Waals surface area (Å²) >= 11 is 5.93. The number of methoxy groups -OCH3 is 1. The zero-order valence-electron chi connectivity index (χ0n) is 10.5. The molecule has 1 aromatic heterocycles. The molecule has 7 nitrogen and oxygen atoms in total. The van der Waals surface area contributed by atoms with Crippen LogP contribution in [-0.4, -0.2) is 17.1 Å². The van der Waals surface area contributed by atoms with Crippen LogP contribution < -0.4 is 21.3 Å². The average molecular weight is 291 g/mol. The van der Waals surface area contributed by atoms with E-state index in [0.29, 0.717) is 33.7 Å². The monoisotopic (exact) mass is 290 g/mol. The number of halogens is 1. The molecule has 8 heteroatoms. The van der Waals surface area contributed by atoms with Crippen LogP contribution in [0.1, 0.15) is 5.56 Å². The van der Waals surface area contributed by atoms with Crippen molar-refractivity contribution in [1.29, 1.82) is 5.26 Å². The van der Waals surface area contributed by atoms with E-state index in [1.165, 1.54) is 13.4 Å². The summed E-state index contributed by atoms with van der Waals surface area (Å²) in [5, 5.41) is 12.6. The van der Waals surface area contributed by atoms with Crippen LogP contribution >= 0.6 is 11.6 Å². The largest absolute Gasteiger partial charge is 0.490 e. The zero-order valence-corrected chi connectivity index (χ0v) is 11.3. The number of nitrogens with two attached hydrogens (primary N) is 1. The van der Waals surface area contributed by atoms with E-state index in [1.54, 1.807) is 18.2 Å². The molecule has 4 N–H and O–H groups in total. The molecule has 0 saturated heterocycles. The number of anilines is 3. The van der Waals surface area contributed by atoms with E-state index in [-0.39, 0.29) is 0 Å². The molecule has 0 saturated carbocycles. The Labute approximate surface area is 120 Å². The van der Waals surface area contributed by atoms with Crippen molar-refractivity contribution in [3.63, 3.8) is 0 Å². The summed E-state index contributed by atoms with van der Waals surface area (Å²) in [6.07, 6.45) is 1.32. The first kappa shape index (κ1) is 13.9. The van der Waals surface area contributed by atoms with Crippen LogP contribution in [0.25, 0.3) is 0 Å². The number of nitrogen functional groups attached to an aromatic ring is 1. The van der Waals surface area contributed by atoms with Crippen LogP contribution in [0.5, 0.6) is 5.75 Å². The third-order valence-corrected chi connectivity index (χ3v) is 2.73. The van der Waals surface area contributed by atoms with Crippen LogP contribution in [0, 0.1) is 11.3 Å². The third kappa shape index (κ3) is 2.71. The topological polar surface area (TPSA) is 109 Å². The maximum absolute atomic E-state index is 9.09. The van der Waals surface area contributed by atoms with Gasteiger partial charge in [0.15, 0.2) is 11.6 Å². The number of nitrogens with one attached hydrogen (secondary N) is 2. The van der Waals surface area contributed by atoms with Gasteiger partial charge in [0.1, 0.15) is 12.4 Å². The smallest absolute Gasteiger partial charge is 0.205 e. The third-order valence-electron chi connectivity index (χ3n) is 2.50. The van der Waals surface area contributed by atoms with Gasteiger partial charge in [-0.1, -0.05) is 11.6 Å². The molecule has 0 aliphatic heterocycles. The Morgan fingerprint density at radius 3 is 2.75 bits per heavy atom. The lowest BCUT2D eigenvalue weighted by molar-refractivity contribution is 0.415. The van der Waals surface area contributed by atoms with Gasteiger partial charge < -0.3 is 15.5 Å². The molecular formula is C12H11ClN6O. The van der Waals surface area contributed by atoms with Gasteiger partial charge in [0.05, 0.1) is 18.4 Å². The lowest BCUT2D eigenvalue weighted by Crippen LogP contribution is -2.11. The van der Waals surface area contributed by atoms with Crippen LogP contribution in [0.15, 0.2) is 24.5 Å². The Kier molecular flexibility index (Phi) is 4.20. The number of aromatic nitrogens is 2. The number of nitriles is 1. The molecule has 0 amide bonds. The zero-order chi connectivity index (χ0) is 14.5. The fourth-order valence-electron chi connectivity index (χ4n) is 1.60. The molecule has 0 atom stereocenters. The lowest BCUT2D eigenvalue weighted by atomic mass is 10.2. The second-order valence-corrected chi connectivity index (χ2v) is 4.11. The van der Waals surface area contributed by atoms with Gasteiger partial charge in [0.2, 0.25) is 5.75 Å². The van der Waals surface area contributed by atoms with Gasteiger partial charge >= 0.3 is 0 Å². The predicted octanol–water partition coefficient (Wildman–Crippen LogP) is 2.04. The maximum atomic E-state index is 9.09. The molecule has 2 rings (SSSR count). The number of hydrogen-bond acceptors (Lipinski definition) is 7. The van der Waals surface area contributed by atoms with Crippen molar-refractivity contribution in [2.24, 2.45) is 5.84 Å².